The predicted molar refractivity (Wildman–Crippen MR) is 71.5 cm³/mol. The average molecular weight is 256 g/mol. The third kappa shape index (κ3) is 3.02. The normalized spacial score (nSPS) is 17.4. The lowest BCUT2D eigenvalue weighted by molar-refractivity contribution is 0.471. The Morgan fingerprint density at radius 2 is 2.24 bits per heavy atom. The summed E-state index contributed by atoms with van der Waals surface area (Å²) >= 11 is 6.33. The molecular formula is C13H22ClN3. The maximum Gasteiger partial charge on any atom is 0.0847 e. The van der Waals surface area contributed by atoms with E-state index in [-0.39, 0.29) is 0 Å². The molecule has 1 aliphatic rings. The average Bonchev–Trinajstić information content (AvgIpc) is 3.10. The second-order valence-corrected chi connectivity index (χ2v) is 5.41. The molecule has 0 amide bonds. The zero-order valence-corrected chi connectivity index (χ0v) is 11.7. The molecule has 3 nitrogen and oxygen atoms in total. The predicted octanol–water partition coefficient (Wildman–Crippen LogP) is 2.80. The van der Waals surface area contributed by atoms with E-state index < -0.39 is 0 Å². The highest BCUT2D eigenvalue weighted by Gasteiger charge is 2.26. The second kappa shape index (κ2) is 5.40. The van der Waals surface area contributed by atoms with Crippen LogP contribution in [0.25, 0.3) is 0 Å². The van der Waals surface area contributed by atoms with Gasteiger partial charge in [-0.2, -0.15) is 5.10 Å². The first kappa shape index (κ1) is 12.9. The summed E-state index contributed by atoms with van der Waals surface area (Å²) in [7, 11) is 2.04. The monoisotopic (exact) mass is 255 g/mol. The number of nitrogens with zero attached hydrogens (tertiary/aromatic N) is 2. The standard InChI is InChI=1S/C13H22ClN3/c1-4-17-12(13(14)9(2)16-17)8-11(15-3)7-10-5-6-10/h10-11,15H,4-8H2,1-3H3. The number of aryl methyl sites for hydroxylation is 2. The van der Waals surface area contributed by atoms with Gasteiger partial charge in [0, 0.05) is 19.0 Å². The summed E-state index contributed by atoms with van der Waals surface area (Å²) in [6, 6.07) is 0.529. The van der Waals surface area contributed by atoms with Gasteiger partial charge >= 0.3 is 0 Å². The van der Waals surface area contributed by atoms with Gasteiger partial charge in [0.15, 0.2) is 0 Å². The quantitative estimate of drug-likeness (QED) is 0.847. The van der Waals surface area contributed by atoms with Crippen LogP contribution in [0.3, 0.4) is 0 Å². The number of nitrogens with one attached hydrogen (secondary N) is 1. The Hall–Kier alpha value is -0.540. The minimum atomic E-state index is 0.529. The maximum atomic E-state index is 6.33. The van der Waals surface area contributed by atoms with Gasteiger partial charge in [0.2, 0.25) is 0 Å². The van der Waals surface area contributed by atoms with Crippen LogP contribution < -0.4 is 5.32 Å². The van der Waals surface area contributed by atoms with Crippen molar-refractivity contribution in [3.8, 4) is 0 Å². The molecule has 1 N–H and O–H groups in total. The molecule has 4 heteroatoms. The molecule has 0 aromatic carbocycles. The fraction of sp³-hybridized carbons (Fsp3) is 0.769. The lowest BCUT2D eigenvalue weighted by atomic mass is 10.0. The molecule has 96 valence electrons. The number of likely N-dealkylation sites (N-methyl/N-ethyl adjacent to an activating group) is 1. The summed E-state index contributed by atoms with van der Waals surface area (Å²) in [5.41, 5.74) is 2.14. The van der Waals surface area contributed by atoms with Crippen LogP contribution in [0, 0.1) is 12.8 Å². The van der Waals surface area contributed by atoms with Gasteiger partial charge in [-0.05, 0) is 33.2 Å². The van der Waals surface area contributed by atoms with E-state index in [1.54, 1.807) is 0 Å². The van der Waals surface area contributed by atoms with E-state index in [2.05, 4.69) is 17.3 Å². The molecule has 1 unspecified atom stereocenters. The SMILES string of the molecule is CCn1nc(C)c(Cl)c1CC(CC1CC1)NC. The molecule has 0 bridgehead atoms. The van der Waals surface area contributed by atoms with Gasteiger partial charge in [0.1, 0.15) is 0 Å². The summed E-state index contributed by atoms with van der Waals surface area (Å²) in [6.07, 6.45) is 5.05. The Kier molecular flexibility index (Phi) is 4.10. The van der Waals surface area contributed by atoms with Crippen molar-refractivity contribution in [2.45, 2.75) is 52.1 Å². The number of rotatable bonds is 6. The summed E-state index contributed by atoms with van der Waals surface area (Å²) < 4.78 is 2.04. The van der Waals surface area contributed by atoms with Crippen molar-refractivity contribution in [2.75, 3.05) is 7.05 Å². The summed E-state index contributed by atoms with van der Waals surface area (Å²) in [6.45, 7) is 4.98. The number of halogens is 1. The Balaban J connectivity index is 2.09. The summed E-state index contributed by atoms with van der Waals surface area (Å²) in [5, 5.41) is 8.73. The minimum absolute atomic E-state index is 0.529. The molecule has 1 saturated carbocycles. The van der Waals surface area contributed by atoms with Crippen molar-refractivity contribution in [1.82, 2.24) is 15.1 Å². The fourth-order valence-corrected chi connectivity index (χ4v) is 2.57. The highest BCUT2D eigenvalue weighted by molar-refractivity contribution is 6.31. The molecule has 0 saturated heterocycles. The first-order valence-corrected chi connectivity index (χ1v) is 6.92. The van der Waals surface area contributed by atoms with Crippen LogP contribution in [-0.4, -0.2) is 22.9 Å². The molecular weight excluding hydrogens is 234 g/mol. The molecule has 1 aromatic heterocycles. The molecule has 0 spiro atoms. The molecule has 17 heavy (non-hydrogen) atoms. The van der Waals surface area contributed by atoms with Crippen molar-refractivity contribution < 1.29 is 0 Å². The fourth-order valence-electron chi connectivity index (χ4n) is 2.36. The third-order valence-corrected chi connectivity index (χ3v) is 4.11. The van der Waals surface area contributed by atoms with E-state index in [1.807, 2.05) is 18.7 Å². The first-order valence-electron chi connectivity index (χ1n) is 6.54. The van der Waals surface area contributed by atoms with E-state index in [1.165, 1.54) is 25.0 Å². The second-order valence-electron chi connectivity index (χ2n) is 5.03. The largest absolute Gasteiger partial charge is 0.317 e. The van der Waals surface area contributed by atoms with E-state index in [9.17, 15) is 0 Å². The molecule has 1 aromatic rings. The van der Waals surface area contributed by atoms with Gasteiger partial charge < -0.3 is 5.32 Å². The van der Waals surface area contributed by atoms with Crippen LogP contribution in [-0.2, 0) is 13.0 Å². The van der Waals surface area contributed by atoms with Crippen LogP contribution in [0.4, 0.5) is 0 Å². The van der Waals surface area contributed by atoms with Crippen molar-refractivity contribution in [1.29, 1.82) is 0 Å². The number of hydrogen-bond donors (Lipinski definition) is 1. The van der Waals surface area contributed by atoms with Crippen LogP contribution in [0.5, 0.6) is 0 Å². The number of aromatic nitrogens is 2. The molecule has 2 rings (SSSR count). The van der Waals surface area contributed by atoms with Gasteiger partial charge in [-0.15, -0.1) is 0 Å². The number of hydrogen-bond acceptors (Lipinski definition) is 2. The highest BCUT2D eigenvalue weighted by Crippen LogP contribution is 2.34. The molecule has 1 fully saturated rings. The lowest BCUT2D eigenvalue weighted by Gasteiger charge is -2.16. The van der Waals surface area contributed by atoms with Crippen molar-refractivity contribution in [3.05, 3.63) is 16.4 Å². The van der Waals surface area contributed by atoms with Crippen molar-refractivity contribution in [3.63, 3.8) is 0 Å². The summed E-state index contributed by atoms with van der Waals surface area (Å²) in [4.78, 5) is 0. The highest BCUT2D eigenvalue weighted by atomic mass is 35.5. The zero-order chi connectivity index (χ0) is 12.4. The first-order chi connectivity index (χ1) is 8.15. The van der Waals surface area contributed by atoms with Crippen LogP contribution in [0.15, 0.2) is 0 Å². The van der Waals surface area contributed by atoms with Gasteiger partial charge in [-0.25, -0.2) is 0 Å². The Morgan fingerprint density at radius 1 is 1.53 bits per heavy atom. The molecule has 1 heterocycles. The van der Waals surface area contributed by atoms with E-state index >= 15 is 0 Å². The molecule has 0 radical (unpaired) electrons. The maximum absolute atomic E-state index is 6.33. The topological polar surface area (TPSA) is 29.9 Å². The minimum Gasteiger partial charge on any atom is -0.317 e. The van der Waals surface area contributed by atoms with Gasteiger partial charge in [0.25, 0.3) is 0 Å². The zero-order valence-electron chi connectivity index (χ0n) is 11.0. The van der Waals surface area contributed by atoms with Gasteiger partial charge in [0.05, 0.1) is 16.4 Å². The van der Waals surface area contributed by atoms with E-state index in [0.717, 1.165) is 29.6 Å². The Bertz CT molecular complexity index is 382. The Labute approximate surface area is 109 Å². The van der Waals surface area contributed by atoms with Crippen LogP contribution in [0.2, 0.25) is 5.02 Å². The Morgan fingerprint density at radius 3 is 2.76 bits per heavy atom. The van der Waals surface area contributed by atoms with Gasteiger partial charge in [-0.1, -0.05) is 24.4 Å². The van der Waals surface area contributed by atoms with Crippen LogP contribution in [0.1, 0.15) is 37.6 Å². The lowest BCUT2D eigenvalue weighted by Crippen LogP contribution is -2.29. The van der Waals surface area contributed by atoms with Gasteiger partial charge in [-0.3, -0.25) is 4.68 Å². The molecule has 0 aliphatic heterocycles. The van der Waals surface area contributed by atoms with Crippen molar-refractivity contribution in [2.24, 2.45) is 5.92 Å². The smallest absolute Gasteiger partial charge is 0.0847 e. The molecule has 1 aliphatic carbocycles. The molecule has 1 atom stereocenters. The summed E-state index contributed by atoms with van der Waals surface area (Å²) in [5.74, 6) is 0.935. The van der Waals surface area contributed by atoms with Crippen molar-refractivity contribution >= 4 is 11.6 Å². The third-order valence-electron chi connectivity index (χ3n) is 3.62. The van der Waals surface area contributed by atoms with E-state index in [4.69, 9.17) is 11.6 Å². The van der Waals surface area contributed by atoms with E-state index in [0.29, 0.717) is 6.04 Å². The van der Waals surface area contributed by atoms with Crippen LogP contribution >= 0.6 is 11.6 Å².